The van der Waals surface area contributed by atoms with Gasteiger partial charge in [-0.15, -0.1) is 5.10 Å². The van der Waals surface area contributed by atoms with Crippen molar-refractivity contribution in [2.45, 2.75) is 12.6 Å². The van der Waals surface area contributed by atoms with Crippen LogP contribution in [0.2, 0.25) is 0 Å². The lowest BCUT2D eigenvalue weighted by Crippen LogP contribution is -2.36. The van der Waals surface area contributed by atoms with E-state index in [2.05, 4.69) is 15.3 Å². The predicted octanol–water partition coefficient (Wildman–Crippen LogP) is 0.285. The van der Waals surface area contributed by atoms with Gasteiger partial charge >= 0.3 is 0 Å². The first-order valence-corrected chi connectivity index (χ1v) is 6.54. The Kier molecular flexibility index (Phi) is 3.53. The number of aliphatic hydroxyl groups is 1. The van der Waals surface area contributed by atoms with Gasteiger partial charge in [0.05, 0.1) is 25.9 Å². The summed E-state index contributed by atoms with van der Waals surface area (Å²) in [5.41, 5.74) is 7.38. The largest absolute Gasteiger partial charge is 0.394 e. The molecule has 8 heteroatoms. The highest BCUT2D eigenvalue weighted by Gasteiger charge is 2.31. The van der Waals surface area contributed by atoms with Crippen LogP contribution in [0.1, 0.15) is 11.7 Å². The number of hydrogen-bond donors (Lipinski definition) is 2. The van der Waals surface area contributed by atoms with Crippen molar-refractivity contribution in [1.82, 2.24) is 15.0 Å². The molecule has 1 aromatic carbocycles. The lowest BCUT2D eigenvalue weighted by molar-refractivity contribution is 0.268. The third kappa shape index (κ3) is 2.57. The molecule has 3 rings (SSSR count). The van der Waals surface area contributed by atoms with Gasteiger partial charge < -0.3 is 15.7 Å². The van der Waals surface area contributed by atoms with Crippen molar-refractivity contribution in [2.75, 3.05) is 18.1 Å². The molecular weight excluding hydrogens is 275 g/mol. The Hall–Kier alpha value is -2.48. The Bertz CT molecular complexity index is 653. The van der Waals surface area contributed by atoms with Gasteiger partial charge in [-0.1, -0.05) is 5.21 Å². The normalized spacial score (nSPS) is 18.1. The Morgan fingerprint density at radius 1 is 1.33 bits per heavy atom. The number of anilines is 1. The van der Waals surface area contributed by atoms with Crippen LogP contribution in [0, 0.1) is 5.82 Å². The van der Waals surface area contributed by atoms with Gasteiger partial charge in [0.2, 0.25) is 0 Å². The summed E-state index contributed by atoms with van der Waals surface area (Å²) in [4.78, 5) is 6.03. The molecule has 0 spiro atoms. The number of benzene rings is 1. The monoisotopic (exact) mass is 290 g/mol. The molecule has 0 fully saturated rings. The van der Waals surface area contributed by atoms with Crippen LogP contribution in [0.15, 0.2) is 35.5 Å². The van der Waals surface area contributed by atoms with Crippen molar-refractivity contribution >= 4 is 11.6 Å². The van der Waals surface area contributed by atoms with Crippen molar-refractivity contribution in [3.63, 3.8) is 0 Å². The Morgan fingerprint density at radius 2 is 2.10 bits per heavy atom. The summed E-state index contributed by atoms with van der Waals surface area (Å²) in [6.07, 6.45) is 1.76. The first-order valence-electron chi connectivity index (χ1n) is 6.54. The molecule has 0 amide bonds. The molecule has 1 aliphatic heterocycles. The second kappa shape index (κ2) is 5.49. The fourth-order valence-corrected chi connectivity index (χ4v) is 2.32. The third-order valence-corrected chi connectivity index (χ3v) is 3.32. The number of halogens is 1. The standard InChI is InChI=1S/C13H15FN6O/c14-9-1-3-10(4-2-9)20-12(7-16-13(20)15)11-8-19(5-6-21)18-17-11/h1-4,8,12,21H,5-7H2,(H2,15,16). The predicted molar refractivity (Wildman–Crippen MR) is 75.2 cm³/mol. The number of hydrogen-bond acceptors (Lipinski definition) is 6. The zero-order valence-electron chi connectivity index (χ0n) is 11.2. The Labute approximate surface area is 120 Å². The average Bonchev–Trinajstić information content (AvgIpc) is 3.07. The number of rotatable bonds is 4. The minimum Gasteiger partial charge on any atom is -0.394 e. The second-order valence-electron chi connectivity index (χ2n) is 4.69. The van der Waals surface area contributed by atoms with E-state index in [1.165, 1.54) is 12.1 Å². The summed E-state index contributed by atoms with van der Waals surface area (Å²) in [7, 11) is 0. The van der Waals surface area contributed by atoms with Crippen LogP contribution in [0.3, 0.4) is 0 Å². The molecule has 2 aromatic rings. The molecule has 0 radical (unpaired) electrons. The van der Waals surface area contributed by atoms with Crippen molar-refractivity contribution in [2.24, 2.45) is 10.7 Å². The molecule has 1 unspecified atom stereocenters. The van der Waals surface area contributed by atoms with Crippen LogP contribution in [-0.2, 0) is 6.54 Å². The maximum absolute atomic E-state index is 13.0. The Balaban J connectivity index is 1.89. The van der Waals surface area contributed by atoms with Gasteiger partial charge in [-0.05, 0) is 24.3 Å². The van der Waals surface area contributed by atoms with Crippen LogP contribution >= 0.6 is 0 Å². The quantitative estimate of drug-likeness (QED) is 0.844. The minimum absolute atomic E-state index is 0.00617. The highest BCUT2D eigenvalue weighted by atomic mass is 19.1. The summed E-state index contributed by atoms with van der Waals surface area (Å²) < 4.78 is 14.6. The molecule has 1 aromatic heterocycles. The molecule has 0 saturated carbocycles. The van der Waals surface area contributed by atoms with Crippen molar-refractivity contribution in [3.8, 4) is 0 Å². The van der Waals surface area contributed by atoms with Crippen molar-refractivity contribution in [3.05, 3.63) is 42.0 Å². The first kappa shape index (κ1) is 13.5. The summed E-state index contributed by atoms with van der Waals surface area (Å²) in [6.45, 7) is 0.835. The van der Waals surface area contributed by atoms with Crippen LogP contribution in [0.25, 0.3) is 0 Å². The molecule has 0 saturated heterocycles. The van der Waals surface area contributed by atoms with E-state index in [1.54, 1.807) is 27.9 Å². The van der Waals surface area contributed by atoms with Crippen molar-refractivity contribution in [1.29, 1.82) is 0 Å². The van der Waals surface area contributed by atoms with Gasteiger partial charge in [0.15, 0.2) is 5.96 Å². The van der Waals surface area contributed by atoms with Crippen LogP contribution < -0.4 is 10.6 Å². The fourth-order valence-electron chi connectivity index (χ4n) is 2.32. The van der Waals surface area contributed by atoms with E-state index in [9.17, 15) is 4.39 Å². The number of aliphatic imine (C=N–C) groups is 1. The van der Waals surface area contributed by atoms with Crippen LogP contribution in [0.4, 0.5) is 10.1 Å². The highest BCUT2D eigenvalue weighted by Crippen LogP contribution is 2.29. The van der Waals surface area contributed by atoms with Gasteiger partial charge in [-0.2, -0.15) is 0 Å². The molecule has 0 bridgehead atoms. The van der Waals surface area contributed by atoms with E-state index in [0.29, 0.717) is 24.7 Å². The molecule has 21 heavy (non-hydrogen) atoms. The smallest absolute Gasteiger partial charge is 0.196 e. The summed E-state index contributed by atoms with van der Waals surface area (Å²) in [5.74, 6) is 0.0576. The molecule has 0 aliphatic carbocycles. The maximum atomic E-state index is 13.0. The minimum atomic E-state index is -0.307. The zero-order chi connectivity index (χ0) is 14.8. The van der Waals surface area contributed by atoms with E-state index < -0.39 is 0 Å². The molecule has 2 heterocycles. The van der Waals surface area contributed by atoms with Gasteiger partial charge in [0.1, 0.15) is 17.6 Å². The SMILES string of the molecule is NC1=NCC(c2cn(CCO)nn2)N1c1ccc(F)cc1. The first-order chi connectivity index (χ1) is 10.2. The van der Waals surface area contributed by atoms with Gasteiger partial charge in [-0.3, -0.25) is 4.99 Å². The van der Waals surface area contributed by atoms with E-state index in [4.69, 9.17) is 10.8 Å². The fraction of sp³-hybridized carbons (Fsp3) is 0.308. The van der Waals surface area contributed by atoms with Gasteiger partial charge in [0, 0.05) is 5.69 Å². The summed E-state index contributed by atoms with van der Waals surface area (Å²) in [5, 5.41) is 17.0. The van der Waals surface area contributed by atoms with Crippen LogP contribution in [-0.4, -0.2) is 39.2 Å². The highest BCUT2D eigenvalue weighted by molar-refractivity contribution is 5.97. The van der Waals surface area contributed by atoms with Crippen LogP contribution in [0.5, 0.6) is 0 Å². The van der Waals surface area contributed by atoms with E-state index in [0.717, 1.165) is 5.69 Å². The van der Waals surface area contributed by atoms with Gasteiger partial charge in [0.25, 0.3) is 0 Å². The molecule has 3 N–H and O–H groups in total. The number of nitrogens with two attached hydrogens (primary N) is 1. The molecule has 1 atom stereocenters. The number of guanidine groups is 1. The molecule has 7 nitrogen and oxygen atoms in total. The van der Waals surface area contributed by atoms with E-state index in [-0.39, 0.29) is 18.5 Å². The van der Waals surface area contributed by atoms with Crippen molar-refractivity contribution < 1.29 is 9.50 Å². The second-order valence-corrected chi connectivity index (χ2v) is 4.69. The molecule has 1 aliphatic rings. The number of aromatic nitrogens is 3. The topological polar surface area (TPSA) is 92.6 Å². The molecular formula is C13H15FN6O. The third-order valence-electron chi connectivity index (χ3n) is 3.32. The average molecular weight is 290 g/mol. The van der Waals surface area contributed by atoms with E-state index >= 15 is 0 Å². The lowest BCUT2D eigenvalue weighted by Gasteiger charge is -2.24. The molecule has 110 valence electrons. The summed E-state index contributed by atoms with van der Waals surface area (Å²) >= 11 is 0. The summed E-state index contributed by atoms with van der Waals surface area (Å²) in [6, 6.07) is 5.87. The lowest BCUT2D eigenvalue weighted by atomic mass is 10.2. The maximum Gasteiger partial charge on any atom is 0.196 e. The zero-order valence-corrected chi connectivity index (χ0v) is 11.2. The Morgan fingerprint density at radius 3 is 2.81 bits per heavy atom. The number of aliphatic hydroxyl groups excluding tert-OH is 1. The number of nitrogens with zero attached hydrogens (tertiary/aromatic N) is 5. The van der Waals surface area contributed by atoms with E-state index in [1.807, 2.05) is 0 Å². The van der Waals surface area contributed by atoms with Gasteiger partial charge in [-0.25, -0.2) is 9.07 Å².